The SMILES string of the molecule is c1cncc(C2NCC23CCCC3)c1. The first kappa shape index (κ1) is 8.42. The molecule has 2 nitrogen and oxygen atoms in total. The highest BCUT2D eigenvalue weighted by Gasteiger charge is 2.48. The molecule has 14 heavy (non-hydrogen) atoms. The Hall–Kier alpha value is -0.890. The quantitative estimate of drug-likeness (QED) is 0.731. The molecule has 1 aromatic rings. The zero-order valence-corrected chi connectivity index (χ0v) is 8.37. The summed E-state index contributed by atoms with van der Waals surface area (Å²) in [6.07, 6.45) is 9.50. The summed E-state index contributed by atoms with van der Waals surface area (Å²) >= 11 is 0. The third-order valence-corrected chi connectivity index (χ3v) is 3.89. The van der Waals surface area contributed by atoms with E-state index in [0.29, 0.717) is 11.5 Å². The monoisotopic (exact) mass is 188 g/mol. The molecular formula is C12H16N2. The molecule has 1 aromatic heterocycles. The van der Waals surface area contributed by atoms with Gasteiger partial charge < -0.3 is 5.32 Å². The fourth-order valence-electron chi connectivity index (χ4n) is 3.06. The molecule has 0 aromatic carbocycles. The van der Waals surface area contributed by atoms with Crippen molar-refractivity contribution in [2.75, 3.05) is 6.54 Å². The Morgan fingerprint density at radius 2 is 2.21 bits per heavy atom. The molecule has 74 valence electrons. The Labute approximate surface area is 84.7 Å². The minimum Gasteiger partial charge on any atom is -0.309 e. The third kappa shape index (κ3) is 1.10. The van der Waals surface area contributed by atoms with Crippen molar-refractivity contribution >= 4 is 0 Å². The number of nitrogens with zero attached hydrogens (tertiary/aromatic N) is 1. The van der Waals surface area contributed by atoms with Crippen LogP contribution in [0.3, 0.4) is 0 Å². The van der Waals surface area contributed by atoms with Gasteiger partial charge in [-0.2, -0.15) is 0 Å². The normalized spacial score (nSPS) is 29.0. The van der Waals surface area contributed by atoms with Crippen LogP contribution in [0.2, 0.25) is 0 Å². The van der Waals surface area contributed by atoms with Gasteiger partial charge in [-0.25, -0.2) is 0 Å². The van der Waals surface area contributed by atoms with Gasteiger partial charge in [0, 0.05) is 30.4 Å². The summed E-state index contributed by atoms with van der Waals surface area (Å²) in [5, 5.41) is 3.55. The van der Waals surface area contributed by atoms with Crippen LogP contribution in [0.4, 0.5) is 0 Å². The fourth-order valence-corrected chi connectivity index (χ4v) is 3.06. The fraction of sp³-hybridized carbons (Fsp3) is 0.583. The molecule has 1 unspecified atom stereocenters. The summed E-state index contributed by atoms with van der Waals surface area (Å²) in [4.78, 5) is 4.20. The lowest BCUT2D eigenvalue weighted by Gasteiger charge is -2.48. The maximum Gasteiger partial charge on any atom is 0.0404 e. The molecule has 1 N–H and O–H groups in total. The highest BCUT2D eigenvalue weighted by molar-refractivity contribution is 5.22. The van der Waals surface area contributed by atoms with Crippen molar-refractivity contribution in [3.8, 4) is 0 Å². The van der Waals surface area contributed by atoms with Crippen LogP contribution in [0.1, 0.15) is 37.3 Å². The second kappa shape index (κ2) is 3.06. The summed E-state index contributed by atoms with van der Waals surface area (Å²) in [7, 11) is 0. The Morgan fingerprint density at radius 1 is 1.36 bits per heavy atom. The molecule has 1 saturated heterocycles. The van der Waals surface area contributed by atoms with E-state index in [-0.39, 0.29) is 0 Å². The van der Waals surface area contributed by atoms with E-state index < -0.39 is 0 Å². The second-order valence-corrected chi connectivity index (χ2v) is 4.67. The Kier molecular flexibility index (Phi) is 1.84. The predicted molar refractivity (Wildman–Crippen MR) is 55.9 cm³/mol. The largest absolute Gasteiger partial charge is 0.309 e. The molecule has 1 spiro atoms. The van der Waals surface area contributed by atoms with Crippen LogP contribution >= 0.6 is 0 Å². The molecule has 0 bridgehead atoms. The van der Waals surface area contributed by atoms with E-state index in [1.54, 1.807) is 0 Å². The van der Waals surface area contributed by atoms with Crippen LogP contribution in [-0.2, 0) is 0 Å². The number of hydrogen-bond donors (Lipinski definition) is 1. The standard InChI is InChI=1S/C12H16N2/c1-2-6-12(5-1)9-14-11(12)10-4-3-7-13-8-10/h3-4,7-8,11,14H,1-2,5-6,9H2. The van der Waals surface area contributed by atoms with Gasteiger partial charge in [-0.05, 0) is 24.5 Å². The van der Waals surface area contributed by atoms with Gasteiger partial charge >= 0.3 is 0 Å². The lowest BCUT2D eigenvalue weighted by molar-refractivity contribution is 0.0892. The highest BCUT2D eigenvalue weighted by atomic mass is 15.0. The minimum absolute atomic E-state index is 0.582. The third-order valence-electron chi connectivity index (χ3n) is 3.89. The van der Waals surface area contributed by atoms with Crippen LogP contribution in [-0.4, -0.2) is 11.5 Å². The molecule has 2 heteroatoms. The van der Waals surface area contributed by atoms with Crippen LogP contribution in [0, 0.1) is 5.41 Å². The molecule has 2 aliphatic rings. The van der Waals surface area contributed by atoms with Crippen molar-refractivity contribution in [1.82, 2.24) is 10.3 Å². The van der Waals surface area contributed by atoms with Gasteiger partial charge in [0.1, 0.15) is 0 Å². The van der Waals surface area contributed by atoms with Gasteiger partial charge in [0.15, 0.2) is 0 Å². The molecule has 1 aliphatic carbocycles. The van der Waals surface area contributed by atoms with Crippen LogP contribution < -0.4 is 5.32 Å². The van der Waals surface area contributed by atoms with Gasteiger partial charge in [0.2, 0.25) is 0 Å². The summed E-state index contributed by atoms with van der Waals surface area (Å²) in [6.45, 7) is 1.21. The molecule has 1 saturated carbocycles. The van der Waals surface area contributed by atoms with Crippen molar-refractivity contribution in [2.45, 2.75) is 31.7 Å². The smallest absolute Gasteiger partial charge is 0.0404 e. The van der Waals surface area contributed by atoms with Gasteiger partial charge in [-0.3, -0.25) is 4.98 Å². The lowest BCUT2D eigenvalue weighted by Crippen LogP contribution is -2.54. The average molecular weight is 188 g/mol. The number of nitrogens with one attached hydrogen (secondary N) is 1. The molecule has 2 fully saturated rings. The zero-order valence-electron chi connectivity index (χ0n) is 8.37. The van der Waals surface area contributed by atoms with E-state index in [4.69, 9.17) is 0 Å². The van der Waals surface area contributed by atoms with Crippen molar-refractivity contribution in [3.63, 3.8) is 0 Å². The first-order valence-corrected chi connectivity index (χ1v) is 5.54. The Bertz CT molecular complexity index is 314. The van der Waals surface area contributed by atoms with Crippen molar-refractivity contribution in [2.24, 2.45) is 5.41 Å². The van der Waals surface area contributed by atoms with E-state index in [1.165, 1.54) is 37.8 Å². The summed E-state index contributed by atoms with van der Waals surface area (Å²) in [6, 6.07) is 4.82. The molecule has 1 aliphatic heterocycles. The molecule has 3 rings (SSSR count). The molecular weight excluding hydrogens is 172 g/mol. The number of pyridine rings is 1. The predicted octanol–water partition coefficient (Wildman–Crippen LogP) is 2.29. The topological polar surface area (TPSA) is 24.9 Å². The van der Waals surface area contributed by atoms with E-state index in [2.05, 4.69) is 16.4 Å². The first-order valence-electron chi connectivity index (χ1n) is 5.54. The second-order valence-electron chi connectivity index (χ2n) is 4.67. The maximum atomic E-state index is 4.20. The molecule has 0 radical (unpaired) electrons. The molecule has 2 heterocycles. The highest BCUT2D eigenvalue weighted by Crippen LogP contribution is 2.52. The molecule has 0 amide bonds. The zero-order chi connectivity index (χ0) is 9.43. The Morgan fingerprint density at radius 3 is 2.79 bits per heavy atom. The first-order chi connectivity index (χ1) is 6.91. The van der Waals surface area contributed by atoms with Gasteiger partial charge in [-0.1, -0.05) is 18.9 Å². The van der Waals surface area contributed by atoms with Crippen LogP contribution in [0.25, 0.3) is 0 Å². The van der Waals surface area contributed by atoms with Crippen LogP contribution in [0.5, 0.6) is 0 Å². The van der Waals surface area contributed by atoms with Gasteiger partial charge in [0.05, 0.1) is 0 Å². The van der Waals surface area contributed by atoms with Crippen molar-refractivity contribution in [3.05, 3.63) is 30.1 Å². The average Bonchev–Trinajstić information content (AvgIpc) is 2.68. The summed E-state index contributed by atoms with van der Waals surface area (Å²) in [5.74, 6) is 0. The molecule has 1 atom stereocenters. The minimum atomic E-state index is 0.582. The van der Waals surface area contributed by atoms with E-state index in [9.17, 15) is 0 Å². The van der Waals surface area contributed by atoms with Crippen LogP contribution in [0.15, 0.2) is 24.5 Å². The van der Waals surface area contributed by atoms with E-state index >= 15 is 0 Å². The van der Waals surface area contributed by atoms with E-state index in [1.807, 2.05) is 18.5 Å². The number of rotatable bonds is 1. The number of hydrogen-bond acceptors (Lipinski definition) is 2. The van der Waals surface area contributed by atoms with E-state index in [0.717, 1.165) is 0 Å². The van der Waals surface area contributed by atoms with Gasteiger partial charge in [-0.15, -0.1) is 0 Å². The Balaban J connectivity index is 1.87. The number of aromatic nitrogens is 1. The summed E-state index contributed by atoms with van der Waals surface area (Å²) < 4.78 is 0. The van der Waals surface area contributed by atoms with Crippen molar-refractivity contribution < 1.29 is 0 Å². The van der Waals surface area contributed by atoms with Crippen molar-refractivity contribution in [1.29, 1.82) is 0 Å². The summed E-state index contributed by atoms with van der Waals surface area (Å²) in [5.41, 5.74) is 1.96. The lowest BCUT2D eigenvalue weighted by atomic mass is 9.69. The maximum absolute atomic E-state index is 4.20. The van der Waals surface area contributed by atoms with Gasteiger partial charge in [0.25, 0.3) is 0 Å².